The fourth-order valence-electron chi connectivity index (χ4n) is 2.73. The molecule has 0 aliphatic carbocycles. The molecule has 2 amide bonds. The van der Waals surface area contributed by atoms with E-state index in [1.165, 1.54) is 16.4 Å². The number of urea groups is 1. The molecule has 1 aliphatic heterocycles. The van der Waals surface area contributed by atoms with Gasteiger partial charge in [0.05, 0.1) is 23.3 Å². The van der Waals surface area contributed by atoms with Crippen LogP contribution in [0.25, 0.3) is 0 Å². The molecular formula is C17H21N5O3S. The molecule has 9 heteroatoms. The zero-order valence-electron chi connectivity index (χ0n) is 14.3. The topological polar surface area (TPSA) is 104 Å². The van der Waals surface area contributed by atoms with Crippen LogP contribution < -0.4 is 10.6 Å². The van der Waals surface area contributed by atoms with Gasteiger partial charge in [0.2, 0.25) is 10.0 Å². The van der Waals surface area contributed by atoms with Crippen molar-refractivity contribution in [2.24, 2.45) is 0 Å². The average molecular weight is 375 g/mol. The van der Waals surface area contributed by atoms with Gasteiger partial charge in [-0.25, -0.2) is 13.2 Å². The van der Waals surface area contributed by atoms with Crippen molar-refractivity contribution >= 4 is 21.7 Å². The van der Waals surface area contributed by atoms with Crippen molar-refractivity contribution in [3.05, 3.63) is 48.5 Å². The van der Waals surface area contributed by atoms with Crippen LogP contribution in [-0.2, 0) is 16.6 Å². The van der Waals surface area contributed by atoms with Crippen LogP contribution in [0.4, 0.5) is 10.5 Å². The Kier molecular flexibility index (Phi) is 5.79. The van der Waals surface area contributed by atoms with Gasteiger partial charge in [-0.3, -0.25) is 9.97 Å². The Bertz CT molecular complexity index is 834. The first kappa shape index (κ1) is 18.3. The van der Waals surface area contributed by atoms with Crippen LogP contribution in [0.3, 0.4) is 0 Å². The minimum atomic E-state index is -3.46. The van der Waals surface area contributed by atoms with E-state index in [-0.39, 0.29) is 11.4 Å². The predicted molar refractivity (Wildman–Crippen MR) is 96.9 cm³/mol. The predicted octanol–water partition coefficient (Wildman–Crippen LogP) is 1.97. The van der Waals surface area contributed by atoms with Gasteiger partial charge in [-0.2, -0.15) is 4.31 Å². The Balaban J connectivity index is 1.58. The van der Waals surface area contributed by atoms with Crippen LogP contribution in [0, 0.1) is 0 Å². The summed E-state index contributed by atoms with van der Waals surface area (Å²) in [6, 6.07) is 5.80. The highest BCUT2D eigenvalue weighted by Gasteiger charge is 2.25. The molecule has 1 aromatic carbocycles. The first-order valence-corrected chi connectivity index (χ1v) is 9.90. The summed E-state index contributed by atoms with van der Waals surface area (Å²) in [7, 11) is -3.46. The lowest BCUT2D eigenvalue weighted by molar-refractivity contribution is 0.251. The Hall–Kier alpha value is -2.52. The number of benzene rings is 1. The molecular weight excluding hydrogens is 354 g/mol. The number of rotatable bonds is 5. The minimum absolute atomic E-state index is 0.241. The monoisotopic (exact) mass is 375 g/mol. The molecule has 0 saturated carbocycles. The molecule has 0 spiro atoms. The van der Waals surface area contributed by atoms with Gasteiger partial charge in [-0.15, -0.1) is 0 Å². The highest BCUT2D eigenvalue weighted by Crippen LogP contribution is 2.21. The Labute approximate surface area is 152 Å². The maximum atomic E-state index is 12.6. The number of hydrogen-bond acceptors (Lipinski definition) is 5. The SMILES string of the molecule is O=C(NCc1cnccn1)Nc1ccc(S(=O)(=O)N2CCCCC2)cc1. The van der Waals surface area contributed by atoms with E-state index in [2.05, 4.69) is 20.6 Å². The Morgan fingerprint density at radius 3 is 2.46 bits per heavy atom. The number of sulfonamides is 1. The number of nitrogens with zero attached hydrogens (tertiary/aromatic N) is 3. The first-order valence-electron chi connectivity index (χ1n) is 8.46. The summed E-state index contributed by atoms with van der Waals surface area (Å²) in [4.78, 5) is 20.1. The molecule has 8 nitrogen and oxygen atoms in total. The summed E-state index contributed by atoms with van der Waals surface area (Å²) in [6.45, 7) is 1.38. The maximum Gasteiger partial charge on any atom is 0.319 e. The Morgan fingerprint density at radius 2 is 1.81 bits per heavy atom. The number of carbonyl (C=O) groups is 1. The van der Waals surface area contributed by atoms with E-state index in [4.69, 9.17) is 0 Å². The zero-order valence-corrected chi connectivity index (χ0v) is 15.1. The van der Waals surface area contributed by atoms with Crippen LogP contribution in [0.15, 0.2) is 47.8 Å². The van der Waals surface area contributed by atoms with Crippen molar-refractivity contribution in [2.75, 3.05) is 18.4 Å². The van der Waals surface area contributed by atoms with E-state index in [9.17, 15) is 13.2 Å². The van der Waals surface area contributed by atoms with Crippen LogP contribution in [0.5, 0.6) is 0 Å². The lowest BCUT2D eigenvalue weighted by Gasteiger charge is -2.25. The number of piperidine rings is 1. The number of carbonyl (C=O) groups excluding carboxylic acids is 1. The zero-order chi connectivity index (χ0) is 18.4. The van der Waals surface area contributed by atoms with Crippen LogP contribution in [0.1, 0.15) is 25.0 Å². The largest absolute Gasteiger partial charge is 0.332 e. The summed E-state index contributed by atoms with van der Waals surface area (Å²) in [5.41, 5.74) is 1.16. The molecule has 1 saturated heterocycles. The molecule has 0 unspecified atom stereocenters. The van der Waals surface area contributed by atoms with Gasteiger partial charge in [-0.1, -0.05) is 6.42 Å². The number of anilines is 1. The summed E-state index contributed by atoms with van der Waals surface area (Å²) >= 11 is 0. The molecule has 0 bridgehead atoms. The van der Waals surface area contributed by atoms with Crippen LogP contribution >= 0.6 is 0 Å². The van der Waals surface area contributed by atoms with Crippen molar-refractivity contribution in [3.63, 3.8) is 0 Å². The standard InChI is InChI=1S/C17H21N5O3S/c23-17(20-13-15-12-18-8-9-19-15)21-14-4-6-16(7-5-14)26(24,25)22-10-2-1-3-11-22/h4-9,12H,1-3,10-11,13H2,(H2,20,21,23). The molecule has 3 rings (SSSR count). The maximum absolute atomic E-state index is 12.6. The van der Waals surface area contributed by atoms with E-state index in [1.807, 2.05) is 0 Å². The molecule has 1 aliphatic rings. The fourth-order valence-corrected chi connectivity index (χ4v) is 4.25. The van der Waals surface area contributed by atoms with Gasteiger partial charge < -0.3 is 10.6 Å². The third kappa shape index (κ3) is 4.55. The smallest absolute Gasteiger partial charge is 0.319 e. The molecule has 26 heavy (non-hydrogen) atoms. The lowest BCUT2D eigenvalue weighted by atomic mass is 10.2. The van der Waals surface area contributed by atoms with Crippen molar-refractivity contribution in [3.8, 4) is 0 Å². The number of hydrogen-bond donors (Lipinski definition) is 2. The van der Waals surface area contributed by atoms with Gasteiger partial charge in [0, 0.05) is 31.2 Å². The molecule has 0 radical (unpaired) electrons. The third-order valence-electron chi connectivity index (χ3n) is 4.11. The first-order chi connectivity index (χ1) is 12.6. The van der Waals surface area contributed by atoms with Crippen LogP contribution in [-0.4, -0.2) is 41.8 Å². The second kappa shape index (κ2) is 8.24. The normalized spacial score (nSPS) is 15.4. The van der Waals surface area contributed by atoms with Gasteiger partial charge >= 0.3 is 6.03 Å². The van der Waals surface area contributed by atoms with Crippen LogP contribution in [0.2, 0.25) is 0 Å². The highest BCUT2D eigenvalue weighted by atomic mass is 32.2. The summed E-state index contributed by atoms with van der Waals surface area (Å²) in [6.07, 6.45) is 7.54. The quantitative estimate of drug-likeness (QED) is 0.831. The van der Waals surface area contributed by atoms with Crippen molar-refractivity contribution < 1.29 is 13.2 Å². The highest BCUT2D eigenvalue weighted by molar-refractivity contribution is 7.89. The van der Waals surface area contributed by atoms with Crippen molar-refractivity contribution in [2.45, 2.75) is 30.7 Å². The Morgan fingerprint density at radius 1 is 1.08 bits per heavy atom. The van der Waals surface area contributed by atoms with E-state index < -0.39 is 16.1 Å². The van der Waals surface area contributed by atoms with Gasteiger partial charge in [-0.05, 0) is 37.1 Å². The van der Waals surface area contributed by atoms with Gasteiger partial charge in [0.1, 0.15) is 0 Å². The van der Waals surface area contributed by atoms with E-state index in [0.29, 0.717) is 24.5 Å². The molecule has 0 atom stereocenters. The van der Waals surface area contributed by atoms with Gasteiger partial charge in [0.25, 0.3) is 0 Å². The molecule has 2 N–H and O–H groups in total. The summed E-state index contributed by atoms with van der Waals surface area (Å²) in [5.74, 6) is 0. The lowest BCUT2D eigenvalue weighted by Crippen LogP contribution is -2.35. The molecule has 1 aromatic heterocycles. The molecule has 138 valence electrons. The molecule has 2 heterocycles. The van der Waals surface area contributed by atoms with E-state index in [1.54, 1.807) is 30.7 Å². The van der Waals surface area contributed by atoms with Crippen molar-refractivity contribution in [1.82, 2.24) is 19.6 Å². The summed E-state index contributed by atoms with van der Waals surface area (Å²) < 4.78 is 26.7. The minimum Gasteiger partial charge on any atom is -0.332 e. The number of nitrogens with one attached hydrogen (secondary N) is 2. The van der Waals surface area contributed by atoms with Gasteiger partial charge in [0.15, 0.2) is 0 Å². The average Bonchev–Trinajstić information content (AvgIpc) is 2.68. The molecule has 1 fully saturated rings. The summed E-state index contributed by atoms with van der Waals surface area (Å²) in [5, 5.41) is 5.33. The molecule has 2 aromatic rings. The second-order valence-electron chi connectivity index (χ2n) is 5.99. The van der Waals surface area contributed by atoms with E-state index >= 15 is 0 Å². The fraction of sp³-hybridized carbons (Fsp3) is 0.353. The second-order valence-corrected chi connectivity index (χ2v) is 7.93. The van der Waals surface area contributed by atoms with E-state index in [0.717, 1.165) is 19.3 Å². The third-order valence-corrected chi connectivity index (χ3v) is 6.02. The number of aromatic nitrogens is 2. The number of amides is 2. The van der Waals surface area contributed by atoms with Crippen molar-refractivity contribution in [1.29, 1.82) is 0 Å².